The number of benzene rings is 1. The molecule has 0 amide bonds. The van der Waals surface area contributed by atoms with Crippen LogP contribution in [0, 0.1) is 0 Å². The van der Waals surface area contributed by atoms with Crippen molar-refractivity contribution in [2.45, 2.75) is 6.42 Å². The highest BCUT2D eigenvalue weighted by Crippen LogP contribution is 2.40. The fourth-order valence-corrected chi connectivity index (χ4v) is 4.41. The maximum atomic E-state index is 12.1. The summed E-state index contributed by atoms with van der Waals surface area (Å²) in [7, 11) is -3.38. The summed E-state index contributed by atoms with van der Waals surface area (Å²) in [5.41, 5.74) is 2.69. The number of rotatable bonds is 3. The van der Waals surface area contributed by atoms with Gasteiger partial charge in [-0.25, -0.2) is 8.42 Å². The van der Waals surface area contributed by atoms with E-state index in [9.17, 15) is 8.42 Å². The van der Waals surface area contributed by atoms with Crippen LogP contribution < -0.4 is 9.62 Å². The van der Waals surface area contributed by atoms with E-state index in [2.05, 4.69) is 20.3 Å². The van der Waals surface area contributed by atoms with Crippen LogP contribution in [0.2, 0.25) is 10.3 Å². The van der Waals surface area contributed by atoms with Gasteiger partial charge in [-0.15, -0.1) is 0 Å². The van der Waals surface area contributed by atoms with Gasteiger partial charge in [0.2, 0.25) is 15.3 Å². The van der Waals surface area contributed by atoms with Crippen molar-refractivity contribution in [2.24, 2.45) is 0 Å². The average Bonchev–Trinajstić information content (AvgIpc) is 3.11. The highest BCUT2D eigenvalue weighted by atomic mass is 35.5. The maximum Gasteiger partial charge on any atom is 0.232 e. The summed E-state index contributed by atoms with van der Waals surface area (Å²) >= 11 is 12.2. The first-order valence-electron chi connectivity index (χ1n) is 7.41. The van der Waals surface area contributed by atoms with E-state index < -0.39 is 10.0 Å². The lowest BCUT2D eigenvalue weighted by Gasteiger charge is -2.20. The van der Waals surface area contributed by atoms with Crippen LogP contribution in [0.5, 0.6) is 0 Å². The molecule has 3 heterocycles. The van der Waals surface area contributed by atoms with Crippen molar-refractivity contribution in [3.63, 3.8) is 0 Å². The summed E-state index contributed by atoms with van der Waals surface area (Å²) in [4.78, 5) is 11.2. The quantitative estimate of drug-likeness (QED) is 0.661. The molecule has 10 heteroatoms. The van der Waals surface area contributed by atoms with Crippen molar-refractivity contribution >= 4 is 61.5 Å². The molecule has 2 N–H and O–H groups in total. The summed E-state index contributed by atoms with van der Waals surface area (Å²) < 4.78 is 25.6. The lowest BCUT2D eigenvalue weighted by Crippen LogP contribution is -2.28. The molecule has 0 unspecified atom stereocenters. The normalized spacial score (nSPS) is 14.1. The van der Waals surface area contributed by atoms with E-state index >= 15 is 0 Å². The topological polar surface area (TPSA) is 91.0 Å². The van der Waals surface area contributed by atoms with Gasteiger partial charge in [-0.05, 0) is 29.7 Å². The number of fused-ring (bicyclic) bond motifs is 2. The smallest absolute Gasteiger partial charge is 0.232 e. The number of halogens is 2. The number of para-hydroxylation sites is 1. The number of aromatic amines is 1. The summed E-state index contributed by atoms with van der Waals surface area (Å²) in [5.74, 6) is 0.412. The van der Waals surface area contributed by atoms with Crippen LogP contribution in [0.15, 0.2) is 24.4 Å². The first-order valence-corrected chi connectivity index (χ1v) is 10.0. The van der Waals surface area contributed by atoms with Crippen LogP contribution in [-0.4, -0.2) is 36.2 Å². The van der Waals surface area contributed by atoms with Gasteiger partial charge < -0.3 is 10.3 Å². The van der Waals surface area contributed by atoms with Gasteiger partial charge in [0.25, 0.3) is 0 Å². The fourth-order valence-electron chi connectivity index (χ4n) is 3.04. The second-order valence-corrected chi connectivity index (χ2v) is 8.38. The molecule has 7 nitrogen and oxygen atoms in total. The number of nitrogens with one attached hydrogen (secondary N) is 2. The molecule has 0 aliphatic carbocycles. The largest absolute Gasteiger partial charge is 0.344 e. The minimum Gasteiger partial charge on any atom is -0.344 e. The number of anilines is 3. The summed E-state index contributed by atoms with van der Waals surface area (Å²) in [6, 6.07) is 5.58. The molecule has 0 saturated heterocycles. The fraction of sp³-hybridized carbons (Fsp3) is 0.200. The Bertz CT molecular complexity index is 1100. The minimum atomic E-state index is -3.38. The second-order valence-electron chi connectivity index (χ2n) is 5.72. The van der Waals surface area contributed by atoms with Gasteiger partial charge in [-0.3, -0.25) is 4.31 Å². The van der Waals surface area contributed by atoms with E-state index in [4.69, 9.17) is 23.2 Å². The molecule has 0 bridgehead atoms. The Labute approximate surface area is 154 Å². The zero-order valence-electron chi connectivity index (χ0n) is 13.0. The first-order chi connectivity index (χ1) is 11.8. The van der Waals surface area contributed by atoms with Crippen molar-refractivity contribution in [2.75, 3.05) is 22.4 Å². The predicted octanol–water partition coefficient (Wildman–Crippen LogP) is 3.33. The number of aromatic nitrogens is 3. The predicted molar refractivity (Wildman–Crippen MR) is 99.5 cm³/mol. The highest BCUT2D eigenvalue weighted by Gasteiger charge is 2.29. The van der Waals surface area contributed by atoms with Gasteiger partial charge in [0.1, 0.15) is 11.5 Å². The Balaban J connectivity index is 1.87. The molecule has 0 spiro atoms. The van der Waals surface area contributed by atoms with E-state index in [1.165, 1.54) is 10.6 Å². The molecule has 1 aliphatic rings. The molecule has 3 aromatic rings. The monoisotopic (exact) mass is 397 g/mol. The SMILES string of the molecule is CS(=O)(=O)N1CCc2cccc(Nc3nc(Cl)nc4[nH]cc(Cl)c34)c21. The van der Waals surface area contributed by atoms with Crippen molar-refractivity contribution in [3.05, 3.63) is 40.3 Å². The molecule has 1 aliphatic heterocycles. The van der Waals surface area contributed by atoms with Crippen LogP contribution in [0.25, 0.3) is 11.0 Å². The lowest BCUT2D eigenvalue weighted by molar-refractivity contribution is 0.598. The molecule has 1 aromatic carbocycles. The highest BCUT2D eigenvalue weighted by molar-refractivity contribution is 7.92. The molecule has 0 saturated carbocycles. The number of H-pyrrole nitrogens is 1. The summed E-state index contributed by atoms with van der Waals surface area (Å²) in [6.07, 6.45) is 3.45. The summed E-state index contributed by atoms with van der Waals surface area (Å²) in [6.45, 7) is 0.414. The third kappa shape index (κ3) is 2.80. The molecule has 25 heavy (non-hydrogen) atoms. The first kappa shape index (κ1) is 16.4. The molecular weight excluding hydrogens is 385 g/mol. The van der Waals surface area contributed by atoms with Crippen molar-refractivity contribution in [1.29, 1.82) is 0 Å². The number of nitrogens with zero attached hydrogens (tertiary/aromatic N) is 3. The second kappa shape index (κ2) is 5.76. The molecule has 0 radical (unpaired) electrons. The molecule has 0 fully saturated rings. The lowest BCUT2D eigenvalue weighted by atomic mass is 10.1. The zero-order chi connectivity index (χ0) is 17.8. The molecule has 2 aromatic heterocycles. The van der Waals surface area contributed by atoms with Gasteiger partial charge in [-0.1, -0.05) is 23.7 Å². The number of hydrogen-bond donors (Lipinski definition) is 2. The Kier molecular flexibility index (Phi) is 3.78. The van der Waals surface area contributed by atoms with Crippen LogP contribution in [-0.2, 0) is 16.4 Å². The molecular formula is C15H13Cl2N5O2S. The van der Waals surface area contributed by atoms with Crippen LogP contribution in [0.3, 0.4) is 0 Å². The Hall–Kier alpha value is -2.03. The maximum absolute atomic E-state index is 12.1. The van der Waals surface area contributed by atoms with E-state index in [0.29, 0.717) is 46.2 Å². The number of hydrogen-bond acceptors (Lipinski definition) is 5. The standard InChI is InChI=1S/C15H13Cl2N5O2S/c1-25(23,24)22-6-5-8-3-2-4-10(12(8)22)19-14-11-9(16)7-18-13(11)20-15(17)21-14/h2-4,7H,5-6H2,1H3,(H2,18,19,20,21). The molecule has 0 atom stereocenters. The van der Waals surface area contributed by atoms with Gasteiger partial charge in [0.05, 0.1) is 28.0 Å². The third-order valence-electron chi connectivity index (χ3n) is 4.06. The Morgan fingerprint density at radius 2 is 2.08 bits per heavy atom. The van der Waals surface area contributed by atoms with Crippen molar-refractivity contribution < 1.29 is 8.42 Å². The van der Waals surface area contributed by atoms with Crippen molar-refractivity contribution in [3.8, 4) is 0 Å². The van der Waals surface area contributed by atoms with E-state index in [-0.39, 0.29) is 5.28 Å². The average molecular weight is 398 g/mol. The summed E-state index contributed by atoms with van der Waals surface area (Å²) in [5, 5.41) is 4.26. The van der Waals surface area contributed by atoms with E-state index in [1.807, 2.05) is 12.1 Å². The van der Waals surface area contributed by atoms with E-state index in [0.717, 1.165) is 5.56 Å². The molecule has 4 rings (SSSR count). The Morgan fingerprint density at radius 3 is 2.84 bits per heavy atom. The van der Waals surface area contributed by atoms with E-state index in [1.54, 1.807) is 12.3 Å². The Morgan fingerprint density at radius 1 is 1.28 bits per heavy atom. The number of sulfonamides is 1. The molecule has 130 valence electrons. The van der Waals surface area contributed by atoms with Crippen LogP contribution in [0.4, 0.5) is 17.2 Å². The van der Waals surface area contributed by atoms with Gasteiger partial charge in [-0.2, -0.15) is 9.97 Å². The minimum absolute atomic E-state index is 0.0565. The zero-order valence-corrected chi connectivity index (χ0v) is 15.4. The van der Waals surface area contributed by atoms with Gasteiger partial charge in [0, 0.05) is 12.7 Å². The van der Waals surface area contributed by atoms with Crippen LogP contribution in [0.1, 0.15) is 5.56 Å². The van der Waals surface area contributed by atoms with Gasteiger partial charge in [0.15, 0.2) is 0 Å². The van der Waals surface area contributed by atoms with Gasteiger partial charge >= 0.3 is 0 Å². The van der Waals surface area contributed by atoms with Crippen molar-refractivity contribution in [1.82, 2.24) is 15.0 Å². The third-order valence-corrected chi connectivity index (χ3v) is 5.70. The van der Waals surface area contributed by atoms with Crippen LogP contribution >= 0.6 is 23.2 Å².